The molecule has 5 N–H and O–H groups in total. The number of nitrogen functional groups attached to an aromatic ring is 1. The third-order valence-electron chi connectivity index (χ3n) is 1.95. The number of aryl methyl sites for hydroxylation is 1. The summed E-state index contributed by atoms with van der Waals surface area (Å²) >= 11 is 0. The Bertz CT molecular complexity index is 271. The summed E-state index contributed by atoms with van der Waals surface area (Å²) in [5.41, 5.74) is 14.2. The molecule has 0 radical (unpaired) electrons. The van der Waals surface area contributed by atoms with Gasteiger partial charge in [0.1, 0.15) is 0 Å². The summed E-state index contributed by atoms with van der Waals surface area (Å²) in [6.45, 7) is 3.68. The van der Waals surface area contributed by atoms with Crippen molar-refractivity contribution in [1.29, 1.82) is 0 Å². The van der Waals surface area contributed by atoms with E-state index in [1.165, 1.54) is 5.56 Å². The first-order valence-corrected chi connectivity index (χ1v) is 4.54. The van der Waals surface area contributed by atoms with Crippen molar-refractivity contribution < 1.29 is 0 Å². The fourth-order valence-corrected chi connectivity index (χ4v) is 1.21. The lowest BCUT2D eigenvalue weighted by Crippen LogP contribution is -2.09. The van der Waals surface area contributed by atoms with Crippen LogP contribution in [0.25, 0.3) is 0 Å². The van der Waals surface area contributed by atoms with Gasteiger partial charge in [0.25, 0.3) is 0 Å². The van der Waals surface area contributed by atoms with Crippen molar-refractivity contribution in [3.05, 3.63) is 23.8 Å². The van der Waals surface area contributed by atoms with Gasteiger partial charge < -0.3 is 16.8 Å². The molecule has 1 rings (SSSR count). The van der Waals surface area contributed by atoms with E-state index in [-0.39, 0.29) is 0 Å². The van der Waals surface area contributed by atoms with Gasteiger partial charge in [-0.2, -0.15) is 0 Å². The van der Waals surface area contributed by atoms with Crippen molar-refractivity contribution in [2.45, 2.75) is 13.3 Å². The second-order valence-corrected chi connectivity index (χ2v) is 3.14. The van der Waals surface area contributed by atoms with Crippen molar-refractivity contribution >= 4 is 11.4 Å². The van der Waals surface area contributed by atoms with Gasteiger partial charge in [0.2, 0.25) is 0 Å². The smallest absolute Gasteiger partial charge is 0.0371 e. The fraction of sp³-hybridized carbons (Fsp3) is 0.400. The number of hydrogen-bond acceptors (Lipinski definition) is 3. The predicted molar refractivity (Wildman–Crippen MR) is 57.8 cm³/mol. The zero-order valence-corrected chi connectivity index (χ0v) is 8.01. The summed E-state index contributed by atoms with van der Waals surface area (Å²) in [4.78, 5) is 0. The molecule has 0 unspecified atom stereocenters. The third-order valence-corrected chi connectivity index (χ3v) is 1.95. The van der Waals surface area contributed by atoms with E-state index in [0.717, 1.165) is 30.9 Å². The van der Waals surface area contributed by atoms with Crippen LogP contribution in [0.1, 0.15) is 12.0 Å². The summed E-state index contributed by atoms with van der Waals surface area (Å²) in [6.07, 6.45) is 0.990. The van der Waals surface area contributed by atoms with Gasteiger partial charge in [-0.15, -0.1) is 0 Å². The average molecular weight is 179 g/mol. The van der Waals surface area contributed by atoms with Crippen molar-refractivity contribution in [3.8, 4) is 0 Å². The molecule has 1 aromatic carbocycles. The quantitative estimate of drug-likeness (QED) is 0.482. The number of hydrogen-bond donors (Lipinski definition) is 3. The highest BCUT2D eigenvalue weighted by Gasteiger charge is 1.96. The molecule has 0 aliphatic carbocycles. The zero-order chi connectivity index (χ0) is 9.68. The van der Waals surface area contributed by atoms with Gasteiger partial charge >= 0.3 is 0 Å². The minimum Gasteiger partial charge on any atom is -0.399 e. The van der Waals surface area contributed by atoms with Gasteiger partial charge in [-0.05, 0) is 43.7 Å². The molecule has 0 aromatic heterocycles. The topological polar surface area (TPSA) is 64.1 Å². The van der Waals surface area contributed by atoms with Crippen molar-refractivity contribution in [2.75, 3.05) is 24.1 Å². The average Bonchev–Trinajstić information content (AvgIpc) is 2.09. The second kappa shape index (κ2) is 4.72. The molecule has 1 aromatic rings. The van der Waals surface area contributed by atoms with Gasteiger partial charge in [0.15, 0.2) is 0 Å². The largest absolute Gasteiger partial charge is 0.399 e. The van der Waals surface area contributed by atoms with Crippen LogP contribution in [0, 0.1) is 6.92 Å². The van der Waals surface area contributed by atoms with Crippen LogP contribution in [0.15, 0.2) is 18.2 Å². The lowest BCUT2D eigenvalue weighted by molar-refractivity contribution is 0.873. The van der Waals surface area contributed by atoms with Crippen LogP contribution in [0.4, 0.5) is 11.4 Å². The summed E-state index contributed by atoms with van der Waals surface area (Å²) in [5.74, 6) is 0. The fourth-order valence-electron chi connectivity index (χ4n) is 1.21. The molecule has 72 valence electrons. The first-order valence-electron chi connectivity index (χ1n) is 4.54. The molecule has 0 amide bonds. The Morgan fingerprint density at radius 2 is 2.15 bits per heavy atom. The van der Waals surface area contributed by atoms with Gasteiger partial charge in [0, 0.05) is 17.9 Å². The number of rotatable bonds is 4. The Labute approximate surface area is 79.1 Å². The molecule has 0 atom stereocenters. The second-order valence-electron chi connectivity index (χ2n) is 3.14. The standard InChI is InChI=1S/C10H17N3/c1-8-7-9(12)3-4-10(8)13-6-2-5-11/h3-4,7,13H,2,5-6,11-12H2,1H3. The molecule has 3 heteroatoms. The first-order chi connectivity index (χ1) is 6.24. The van der Waals surface area contributed by atoms with E-state index < -0.39 is 0 Å². The van der Waals surface area contributed by atoms with E-state index >= 15 is 0 Å². The number of anilines is 2. The normalized spacial score (nSPS) is 10.0. The SMILES string of the molecule is Cc1cc(N)ccc1NCCCN. The van der Waals surface area contributed by atoms with E-state index in [2.05, 4.69) is 5.32 Å². The van der Waals surface area contributed by atoms with Gasteiger partial charge in [-0.1, -0.05) is 0 Å². The molecule has 0 spiro atoms. The lowest BCUT2D eigenvalue weighted by Gasteiger charge is -2.09. The van der Waals surface area contributed by atoms with Crippen LogP contribution >= 0.6 is 0 Å². The van der Waals surface area contributed by atoms with Crippen LogP contribution in [0.3, 0.4) is 0 Å². The highest BCUT2D eigenvalue weighted by atomic mass is 14.9. The molecule has 0 saturated heterocycles. The van der Waals surface area contributed by atoms with E-state index in [1.54, 1.807) is 0 Å². The van der Waals surface area contributed by atoms with Crippen LogP contribution in [-0.4, -0.2) is 13.1 Å². The van der Waals surface area contributed by atoms with Gasteiger partial charge in [0.05, 0.1) is 0 Å². The van der Waals surface area contributed by atoms with E-state index in [1.807, 2.05) is 25.1 Å². The maximum atomic E-state index is 5.63. The highest BCUT2D eigenvalue weighted by Crippen LogP contribution is 2.17. The minimum absolute atomic E-state index is 0.723. The maximum Gasteiger partial charge on any atom is 0.0371 e. The summed E-state index contributed by atoms with van der Waals surface area (Å²) < 4.78 is 0. The molecule has 13 heavy (non-hydrogen) atoms. The maximum absolute atomic E-state index is 5.63. The van der Waals surface area contributed by atoms with Crippen LogP contribution in [0.2, 0.25) is 0 Å². The molecule has 3 nitrogen and oxygen atoms in total. The van der Waals surface area contributed by atoms with Crippen molar-refractivity contribution in [1.82, 2.24) is 0 Å². The molecular weight excluding hydrogens is 162 g/mol. The predicted octanol–water partition coefficient (Wildman–Crippen LogP) is 1.34. The first kappa shape index (κ1) is 9.86. The minimum atomic E-state index is 0.723. The molecule has 0 aliphatic heterocycles. The van der Waals surface area contributed by atoms with E-state index in [0.29, 0.717) is 0 Å². The Morgan fingerprint density at radius 3 is 2.77 bits per heavy atom. The monoisotopic (exact) mass is 179 g/mol. The molecule has 0 heterocycles. The van der Waals surface area contributed by atoms with Crippen molar-refractivity contribution in [2.24, 2.45) is 5.73 Å². The van der Waals surface area contributed by atoms with Crippen LogP contribution in [0.5, 0.6) is 0 Å². The van der Waals surface area contributed by atoms with Crippen LogP contribution < -0.4 is 16.8 Å². The molecular formula is C10H17N3. The highest BCUT2D eigenvalue weighted by molar-refractivity contribution is 5.57. The number of benzene rings is 1. The van der Waals surface area contributed by atoms with Gasteiger partial charge in [-0.3, -0.25) is 0 Å². The zero-order valence-electron chi connectivity index (χ0n) is 8.01. The Kier molecular flexibility index (Phi) is 3.58. The molecule has 0 fully saturated rings. The van der Waals surface area contributed by atoms with Crippen LogP contribution in [-0.2, 0) is 0 Å². The Balaban J connectivity index is 2.56. The van der Waals surface area contributed by atoms with E-state index in [9.17, 15) is 0 Å². The number of nitrogens with two attached hydrogens (primary N) is 2. The Morgan fingerprint density at radius 1 is 1.38 bits per heavy atom. The summed E-state index contributed by atoms with van der Waals surface area (Å²) in [7, 11) is 0. The summed E-state index contributed by atoms with van der Waals surface area (Å²) in [5, 5.41) is 3.31. The summed E-state index contributed by atoms with van der Waals surface area (Å²) in [6, 6.07) is 5.86. The van der Waals surface area contributed by atoms with E-state index in [4.69, 9.17) is 11.5 Å². The third kappa shape index (κ3) is 2.95. The number of nitrogens with one attached hydrogen (secondary N) is 1. The molecule has 0 saturated carbocycles. The lowest BCUT2D eigenvalue weighted by atomic mass is 10.2. The van der Waals surface area contributed by atoms with Gasteiger partial charge in [-0.25, -0.2) is 0 Å². The Hall–Kier alpha value is -1.22. The molecule has 0 bridgehead atoms. The van der Waals surface area contributed by atoms with Crippen molar-refractivity contribution in [3.63, 3.8) is 0 Å². The molecule has 0 aliphatic rings.